The van der Waals surface area contributed by atoms with E-state index in [4.69, 9.17) is 4.74 Å². The summed E-state index contributed by atoms with van der Waals surface area (Å²) in [6, 6.07) is 17.0. The highest BCUT2D eigenvalue weighted by atomic mass is 127. The molecule has 0 bridgehead atoms. The number of aryl methyl sites for hydroxylation is 1. The molecule has 0 fully saturated rings. The lowest BCUT2D eigenvalue weighted by atomic mass is 10.1. The van der Waals surface area contributed by atoms with Gasteiger partial charge >= 0.3 is 0 Å². The number of ether oxygens (including phenoxy) is 1. The lowest BCUT2D eigenvalue weighted by Gasteiger charge is -2.22. The van der Waals surface area contributed by atoms with E-state index in [1.165, 1.54) is 16.7 Å². The third kappa shape index (κ3) is 8.17. The number of rotatable bonds is 8. The molecule has 0 saturated carbocycles. The van der Waals surface area contributed by atoms with E-state index in [2.05, 4.69) is 83.0 Å². The van der Waals surface area contributed by atoms with Crippen molar-refractivity contribution in [2.45, 2.75) is 20.0 Å². The van der Waals surface area contributed by atoms with Crippen molar-refractivity contribution in [3.05, 3.63) is 65.2 Å². The number of guanidine groups is 1. The van der Waals surface area contributed by atoms with Gasteiger partial charge in [-0.2, -0.15) is 0 Å². The van der Waals surface area contributed by atoms with Crippen molar-refractivity contribution >= 4 is 35.6 Å². The topological polar surface area (TPSA) is 48.9 Å². The van der Waals surface area contributed by atoms with Crippen molar-refractivity contribution in [3.8, 4) is 0 Å². The van der Waals surface area contributed by atoms with Gasteiger partial charge in [0.05, 0.1) is 6.61 Å². The number of anilines is 1. The molecule has 0 aliphatic rings. The molecule has 0 atom stereocenters. The van der Waals surface area contributed by atoms with E-state index in [0.29, 0.717) is 6.61 Å². The molecule has 0 saturated heterocycles. The van der Waals surface area contributed by atoms with Crippen LogP contribution >= 0.6 is 24.0 Å². The number of aliphatic imine (C=N–C) groups is 1. The normalized spacial score (nSPS) is 10.9. The summed E-state index contributed by atoms with van der Waals surface area (Å²) in [5, 5.41) is 6.75. The lowest BCUT2D eigenvalue weighted by Crippen LogP contribution is -2.38. The zero-order chi connectivity index (χ0) is 18.8. The van der Waals surface area contributed by atoms with E-state index in [0.717, 1.165) is 31.3 Å². The maximum atomic E-state index is 5.04. The summed E-state index contributed by atoms with van der Waals surface area (Å²) in [5.41, 5.74) is 4.87. The summed E-state index contributed by atoms with van der Waals surface area (Å²) < 4.78 is 5.04. The van der Waals surface area contributed by atoms with Gasteiger partial charge in [-0.25, -0.2) is 0 Å². The summed E-state index contributed by atoms with van der Waals surface area (Å²) in [5.74, 6) is 0.882. The Hall–Kier alpha value is -1.80. The van der Waals surface area contributed by atoms with Crippen molar-refractivity contribution in [2.24, 2.45) is 4.99 Å². The van der Waals surface area contributed by atoms with Crippen molar-refractivity contribution in [1.29, 1.82) is 0 Å². The molecule has 27 heavy (non-hydrogen) atoms. The van der Waals surface area contributed by atoms with E-state index in [-0.39, 0.29) is 24.0 Å². The van der Waals surface area contributed by atoms with E-state index in [9.17, 15) is 0 Å². The number of nitrogens with one attached hydrogen (secondary N) is 2. The van der Waals surface area contributed by atoms with Gasteiger partial charge in [0.1, 0.15) is 0 Å². The maximum Gasteiger partial charge on any atom is 0.193 e. The van der Waals surface area contributed by atoms with Crippen LogP contribution < -0.4 is 10.6 Å². The first-order valence-corrected chi connectivity index (χ1v) is 8.91. The lowest BCUT2D eigenvalue weighted by molar-refractivity contribution is 0.211. The molecule has 5 nitrogen and oxygen atoms in total. The van der Waals surface area contributed by atoms with Crippen LogP contribution in [0.2, 0.25) is 0 Å². The number of nitrogens with zero attached hydrogens (tertiary/aromatic N) is 2. The minimum Gasteiger partial charge on any atom is -0.383 e. The van der Waals surface area contributed by atoms with Gasteiger partial charge in [-0.3, -0.25) is 4.99 Å². The Bertz CT molecular complexity index is 686. The fraction of sp³-hybridized carbons (Fsp3) is 0.381. The van der Waals surface area contributed by atoms with Gasteiger partial charge in [0.15, 0.2) is 5.96 Å². The second kappa shape index (κ2) is 12.6. The van der Waals surface area contributed by atoms with Gasteiger partial charge in [0.25, 0.3) is 0 Å². The molecule has 0 amide bonds. The van der Waals surface area contributed by atoms with E-state index < -0.39 is 0 Å². The summed E-state index contributed by atoms with van der Waals surface area (Å²) in [6.07, 6.45) is 0. The third-order valence-corrected chi connectivity index (χ3v) is 4.15. The van der Waals surface area contributed by atoms with Crippen LogP contribution in [0.3, 0.4) is 0 Å². The molecule has 2 aromatic rings. The van der Waals surface area contributed by atoms with Crippen LogP contribution in [0.4, 0.5) is 5.69 Å². The number of halogens is 1. The highest BCUT2D eigenvalue weighted by molar-refractivity contribution is 14.0. The average Bonchev–Trinajstić information content (AvgIpc) is 2.65. The van der Waals surface area contributed by atoms with Gasteiger partial charge in [-0.1, -0.05) is 42.0 Å². The Morgan fingerprint density at radius 1 is 1.04 bits per heavy atom. The van der Waals surface area contributed by atoms with Gasteiger partial charge in [0.2, 0.25) is 0 Å². The Kier molecular flexibility index (Phi) is 10.8. The first-order valence-electron chi connectivity index (χ1n) is 8.91. The zero-order valence-electron chi connectivity index (χ0n) is 16.7. The Morgan fingerprint density at radius 2 is 1.67 bits per heavy atom. The molecule has 0 heterocycles. The van der Waals surface area contributed by atoms with E-state index in [1.54, 1.807) is 7.11 Å². The predicted octanol–water partition coefficient (Wildman–Crippen LogP) is 3.88. The highest BCUT2D eigenvalue weighted by Gasteiger charge is 2.06. The quantitative estimate of drug-likeness (QED) is 0.260. The molecular formula is C21H31IN4O. The largest absolute Gasteiger partial charge is 0.383 e. The molecule has 0 spiro atoms. The molecule has 2 rings (SSSR count). The zero-order valence-corrected chi connectivity index (χ0v) is 19.0. The van der Waals surface area contributed by atoms with Crippen LogP contribution in [0.25, 0.3) is 0 Å². The van der Waals surface area contributed by atoms with Crippen molar-refractivity contribution in [1.82, 2.24) is 10.2 Å². The molecular weight excluding hydrogens is 451 g/mol. The van der Waals surface area contributed by atoms with Crippen LogP contribution in [0.5, 0.6) is 0 Å². The fourth-order valence-electron chi connectivity index (χ4n) is 2.65. The van der Waals surface area contributed by atoms with Crippen molar-refractivity contribution in [3.63, 3.8) is 0 Å². The van der Waals surface area contributed by atoms with Crippen LogP contribution in [0, 0.1) is 6.92 Å². The van der Waals surface area contributed by atoms with Gasteiger partial charge in [-0.15, -0.1) is 24.0 Å². The SMILES string of the molecule is CN=C(NCc1ccc(NCCOC)cc1)N(C)Cc1ccc(C)cc1.I. The number of benzene rings is 2. The molecule has 0 radical (unpaired) electrons. The minimum atomic E-state index is 0. The first kappa shape index (κ1) is 23.2. The van der Waals surface area contributed by atoms with Gasteiger partial charge in [-0.05, 0) is 30.2 Å². The Morgan fingerprint density at radius 3 is 2.26 bits per heavy atom. The van der Waals surface area contributed by atoms with Gasteiger partial charge in [0, 0.05) is 46.5 Å². The second-order valence-corrected chi connectivity index (χ2v) is 6.36. The third-order valence-electron chi connectivity index (χ3n) is 4.15. The number of hydrogen-bond donors (Lipinski definition) is 2. The predicted molar refractivity (Wildman–Crippen MR) is 125 cm³/mol. The van der Waals surface area contributed by atoms with Crippen LogP contribution in [0.1, 0.15) is 16.7 Å². The Labute approximate surface area is 180 Å². The first-order chi connectivity index (χ1) is 12.6. The molecule has 0 aromatic heterocycles. The summed E-state index contributed by atoms with van der Waals surface area (Å²) in [7, 11) is 5.58. The standard InChI is InChI=1S/C21H30N4O.HI/c1-17-5-7-19(8-6-17)16-25(3)21(22-2)24-15-18-9-11-20(12-10-18)23-13-14-26-4;/h5-12,23H,13-16H2,1-4H3,(H,22,24);1H. The molecule has 0 aliphatic carbocycles. The fourth-order valence-corrected chi connectivity index (χ4v) is 2.65. The number of hydrogen-bond acceptors (Lipinski definition) is 3. The number of methoxy groups -OCH3 is 1. The van der Waals surface area contributed by atoms with Crippen molar-refractivity contribution < 1.29 is 4.74 Å². The average molecular weight is 482 g/mol. The van der Waals surface area contributed by atoms with E-state index in [1.807, 2.05) is 7.05 Å². The van der Waals surface area contributed by atoms with Crippen LogP contribution in [-0.2, 0) is 17.8 Å². The van der Waals surface area contributed by atoms with Crippen LogP contribution in [0.15, 0.2) is 53.5 Å². The molecule has 6 heteroatoms. The summed E-state index contributed by atoms with van der Waals surface area (Å²) in [6.45, 7) is 5.18. The van der Waals surface area contributed by atoms with Crippen molar-refractivity contribution in [2.75, 3.05) is 39.7 Å². The molecule has 0 unspecified atom stereocenters. The molecule has 148 valence electrons. The van der Waals surface area contributed by atoms with Gasteiger partial charge < -0.3 is 20.3 Å². The van der Waals surface area contributed by atoms with E-state index >= 15 is 0 Å². The molecule has 2 N–H and O–H groups in total. The Balaban J connectivity index is 0.00000364. The van der Waals surface area contributed by atoms with Crippen LogP contribution in [-0.4, -0.2) is 45.2 Å². The summed E-state index contributed by atoms with van der Waals surface area (Å²) >= 11 is 0. The second-order valence-electron chi connectivity index (χ2n) is 6.36. The highest BCUT2D eigenvalue weighted by Crippen LogP contribution is 2.10. The summed E-state index contributed by atoms with van der Waals surface area (Å²) in [4.78, 5) is 6.52. The smallest absolute Gasteiger partial charge is 0.193 e. The minimum absolute atomic E-state index is 0. The molecule has 0 aliphatic heterocycles. The monoisotopic (exact) mass is 482 g/mol. The molecule has 2 aromatic carbocycles. The maximum absolute atomic E-state index is 5.04.